The molecule has 0 fully saturated rings. The minimum atomic E-state index is -0.952. The Morgan fingerprint density at radius 3 is 2.67 bits per heavy atom. The third kappa shape index (κ3) is 4.10. The Balaban J connectivity index is 2.45. The first kappa shape index (κ1) is 14.6. The fourth-order valence-corrected chi connectivity index (χ4v) is 1.96. The molecule has 0 aliphatic heterocycles. The molecule has 0 bridgehead atoms. The van der Waals surface area contributed by atoms with E-state index in [2.05, 4.69) is 10.3 Å². The van der Waals surface area contributed by atoms with Gasteiger partial charge < -0.3 is 10.4 Å². The lowest BCUT2D eigenvalue weighted by atomic mass is 9.94. The molecular formula is C12H18N2O3S. The molecule has 6 heteroatoms. The number of aromatic nitrogens is 1. The summed E-state index contributed by atoms with van der Waals surface area (Å²) in [7, 11) is 0. The SMILES string of the molecule is CCc1nc(CC(=O)NCC(C)(C)C(=O)O)cs1. The number of thiazole rings is 1. The topological polar surface area (TPSA) is 79.3 Å². The predicted octanol–water partition coefficient (Wildman–Crippen LogP) is 1.47. The molecule has 0 atom stereocenters. The fraction of sp³-hybridized carbons (Fsp3) is 0.583. The van der Waals surface area contributed by atoms with Crippen LogP contribution >= 0.6 is 11.3 Å². The van der Waals surface area contributed by atoms with Gasteiger partial charge in [0.15, 0.2) is 0 Å². The summed E-state index contributed by atoms with van der Waals surface area (Å²) in [5, 5.41) is 14.4. The molecule has 1 rings (SSSR count). The van der Waals surface area contributed by atoms with Crippen molar-refractivity contribution in [1.29, 1.82) is 0 Å². The fourth-order valence-electron chi connectivity index (χ4n) is 1.21. The van der Waals surface area contributed by atoms with Crippen molar-refractivity contribution in [1.82, 2.24) is 10.3 Å². The lowest BCUT2D eigenvalue weighted by Gasteiger charge is -2.19. The maximum absolute atomic E-state index is 11.6. The predicted molar refractivity (Wildman–Crippen MR) is 69.6 cm³/mol. The normalized spacial score (nSPS) is 11.3. The van der Waals surface area contributed by atoms with Crippen molar-refractivity contribution in [2.24, 2.45) is 5.41 Å². The number of hydrogen-bond donors (Lipinski definition) is 2. The second kappa shape index (κ2) is 5.95. The van der Waals surface area contributed by atoms with Crippen LogP contribution < -0.4 is 5.32 Å². The Labute approximate surface area is 110 Å². The maximum atomic E-state index is 11.6. The lowest BCUT2D eigenvalue weighted by Crippen LogP contribution is -2.39. The van der Waals surface area contributed by atoms with E-state index in [1.54, 1.807) is 13.8 Å². The van der Waals surface area contributed by atoms with E-state index < -0.39 is 11.4 Å². The van der Waals surface area contributed by atoms with Crippen LogP contribution in [0.25, 0.3) is 0 Å². The Morgan fingerprint density at radius 1 is 1.50 bits per heavy atom. The third-order valence-electron chi connectivity index (χ3n) is 2.55. The zero-order valence-electron chi connectivity index (χ0n) is 10.8. The molecular weight excluding hydrogens is 252 g/mol. The number of aryl methyl sites for hydroxylation is 1. The summed E-state index contributed by atoms with van der Waals surface area (Å²) in [6.07, 6.45) is 1.06. The lowest BCUT2D eigenvalue weighted by molar-refractivity contribution is -0.146. The van der Waals surface area contributed by atoms with E-state index in [-0.39, 0.29) is 18.9 Å². The van der Waals surface area contributed by atoms with Crippen LogP contribution in [-0.2, 0) is 22.4 Å². The van der Waals surface area contributed by atoms with Crippen LogP contribution in [0, 0.1) is 5.41 Å². The molecule has 5 nitrogen and oxygen atoms in total. The van der Waals surface area contributed by atoms with Crippen molar-refractivity contribution in [2.45, 2.75) is 33.6 Å². The van der Waals surface area contributed by atoms with E-state index >= 15 is 0 Å². The van der Waals surface area contributed by atoms with E-state index in [9.17, 15) is 9.59 Å². The average molecular weight is 270 g/mol. The zero-order valence-corrected chi connectivity index (χ0v) is 11.6. The number of hydrogen-bond acceptors (Lipinski definition) is 4. The minimum absolute atomic E-state index is 0.117. The summed E-state index contributed by atoms with van der Waals surface area (Å²) in [6, 6.07) is 0. The molecule has 0 aliphatic rings. The van der Waals surface area contributed by atoms with Gasteiger partial charge in [-0.2, -0.15) is 0 Å². The highest BCUT2D eigenvalue weighted by molar-refractivity contribution is 7.09. The van der Waals surface area contributed by atoms with E-state index in [4.69, 9.17) is 5.11 Å². The second-order valence-corrected chi connectivity index (χ2v) is 5.67. The number of carboxylic acid groups (broad SMARTS) is 1. The first-order valence-electron chi connectivity index (χ1n) is 5.78. The van der Waals surface area contributed by atoms with Gasteiger partial charge in [0.1, 0.15) is 0 Å². The van der Waals surface area contributed by atoms with Gasteiger partial charge in [0.2, 0.25) is 5.91 Å². The molecule has 0 radical (unpaired) electrons. The number of carboxylic acids is 1. The summed E-state index contributed by atoms with van der Waals surface area (Å²) in [5.74, 6) is -1.12. The van der Waals surface area contributed by atoms with E-state index in [1.807, 2.05) is 12.3 Å². The largest absolute Gasteiger partial charge is 0.481 e. The summed E-state index contributed by atoms with van der Waals surface area (Å²) in [6.45, 7) is 5.28. The Kier molecular flexibility index (Phi) is 4.84. The van der Waals surface area contributed by atoms with Crippen LogP contribution in [-0.4, -0.2) is 28.5 Å². The van der Waals surface area contributed by atoms with Gasteiger partial charge in [-0.15, -0.1) is 11.3 Å². The zero-order chi connectivity index (χ0) is 13.8. The second-order valence-electron chi connectivity index (χ2n) is 4.73. The van der Waals surface area contributed by atoms with Crippen molar-refractivity contribution in [3.63, 3.8) is 0 Å². The average Bonchev–Trinajstić information content (AvgIpc) is 2.74. The van der Waals surface area contributed by atoms with Gasteiger partial charge >= 0.3 is 5.97 Å². The molecule has 18 heavy (non-hydrogen) atoms. The van der Waals surface area contributed by atoms with Crippen LogP contribution in [0.4, 0.5) is 0 Å². The highest BCUT2D eigenvalue weighted by Crippen LogP contribution is 2.14. The van der Waals surface area contributed by atoms with Gasteiger partial charge in [0.05, 0.1) is 22.5 Å². The number of amides is 1. The molecule has 1 aromatic heterocycles. The van der Waals surface area contributed by atoms with Crippen molar-refractivity contribution in [3.05, 3.63) is 16.1 Å². The van der Waals surface area contributed by atoms with Gasteiger partial charge in [-0.3, -0.25) is 9.59 Å². The number of nitrogens with one attached hydrogen (secondary N) is 1. The van der Waals surface area contributed by atoms with Gasteiger partial charge in [0.25, 0.3) is 0 Å². The molecule has 100 valence electrons. The molecule has 1 amide bonds. The summed E-state index contributed by atoms with van der Waals surface area (Å²) >= 11 is 1.53. The van der Waals surface area contributed by atoms with Gasteiger partial charge in [0, 0.05) is 11.9 Å². The number of rotatable bonds is 6. The van der Waals surface area contributed by atoms with Crippen LogP contribution in [0.15, 0.2) is 5.38 Å². The first-order valence-corrected chi connectivity index (χ1v) is 6.66. The van der Waals surface area contributed by atoms with Crippen molar-refractivity contribution >= 4 is 23.2 Å². The molecule has 0 saturated heterocycles. The van der Waals surface area contributed by atoms with Crippen LogP contribution in [0.1, 0.15) is 31.5 Å². The van der Waals surface area contributed by atoms with Crippen molar-refractivity contribution < 1.29 is 14.7 Å². The van der Waals surface area contributed by atoms with Gasteiger partial charge in [-0.05, 0) is 20.3 Å². The van der Waals surface area contributed by atoms with Crippen molar-refractivity contribution in [3.8, 4) is 0 Å². The van der Waals surface area contributed by atoms with E-state index in [1.165, 1.54) is 11.3 Å². The van der Waals surface area contributed by atoms with Crippen LogP contribution in [0.5, 0.6) is 0 Å². The smallest absolute Gasteiger partial charge is 0.310 e. The molecule has 0 aromatic carbocycles. The number of nitrogens with zero attached hydrogens (tertiary/aromatic N) is 1. The van der Waals surface area contributed by atoms with E-state index in [0.717, 1.165) is 17.1 Å². The first-order chi connectivity index (χ1) is 8.35. The number of carbonyl (C=O) groups excluding carboxylic acids is 1. The maximum Gasteiger partial charge on any atom is 0.310 e. The number of aliphatic carboxylic acids is 1. The highest BCUT2D eigenvalue weighted by atomic mass is 32.1. The Hall–Kier alpha value is -1.43. The molecule has 0 saturated carbocycles. The molecule has 0 unspecified atom stereocenters. The van der Waals surface area contributed by atoms with Gasteiger partial charge in [-0.1, -0.05) is 6.92 Å². The molecule has 0 aliphatic carbocycles. The third-order valence-corrected chi connectivity index (χ3v) is 3.59. The summed E-state index contributed by atoms with van der Waals surface area (Å²) in [5.41, 5.74) is -0.214. The summed E-state index contributed by atoms with van der Waals surface area (Å²) in [4.78, 5) is 26.8. The van der Waals surface area contributed by atoms with Crippen LogP contribution in [0.2, 0.25) is 0 Å². The number of carbonyl (C=O) groups is 2. The quantitative estimate of drug-likeness (QED) is 0.820. The minimum Gasteiger partial charge on any atom is -0.481 e. The Morgan fingerprint density at radius 2 is 2.17 bits per heavy atom. The molecule has 1 aromatic rings. The molecule has 0 spiro atoms. The van der Waals surface area contributed by atoms with E-state index in [0.29, 0.717) is 0 Å². The van der Waals surface area contributed by atoms with Crippen LogP contribution in [0.3, 0.4) is 0 Å². The molecule has 2 N–H and O–H groups in total. The monoisotopic (exact) mass is 270 g/mol. The summed E-state index contributed by atoms with van der Waals surface area (Å²) < 4.78 is 0. The van der Waals surface area contributed by atoms with Gasteiger partial charge in [-0.25, -0.2) is 4.98 Å². The highest BCUT2D eigenvalue weighted by Gasteiger charge is 2.27. The van der Waals surface area contributed by atoms with Crippen molar-refractivity contribution in [2.75, 3.05) is 6.54 Å². The molecule has 1 heterocycles. The standard InChI is InChI=1S/C12H18N2O3S/c1-4-10-14-8(6-18-10)5-9(15)13-7-12(2,3)11(16)17/h6H,4-5,7H2,1-3H3,(H,13,15)(H,16,17). The Bertz CT molecular complexity index is 440.